The van der Waals surface area contributed by atoms with Crippen molar-refractivity contribution < 1.29 is 8.42 Å². The second kappa shape index (κ2) is 6.87. The Morgan fingerprint density at radius 2 is 2.24 bits per heavy atom. The third-order valence-corrected chi connectivity index (χ3v) is 5.72. The first-order valence-electron chi connectivity index (χ1n) is 6.30. The van der Waals surface area contributed by atoms with Crippen LogP contribution >= 0.6 is 27.3 Å². The Morgan fingerprint density at radius 1 is 1.48 bits per heavy atom. The lowest BCUT2D eigenvalue weighted by atomic mass is 10.2. The number of halogens is 1. The van der Waals surface area contributed by atoms with Gasteiger partial charge in [-0.15, -0.1) is 11.3 Å². The van der Waals surface area contributed by atoms with Crippen molar-refractivity contribution in [2.45, 2.75) is 24.3 Å². The monoisotopic (exact) mass is 389 g/mol. The van der Waals surface area contributed by atoms with Gasteiger partial charge in [-0.1, -0.05) is 6.07 Å². The quantitative estimate of drug-likeness (QED) is 0.796. The lowest BCUT2D eigenvalue weighted by Gasteiger charge is -2.15. The fraction of sp³-hybridized carbons (Fsp3) is 0.308. The molecule has 8 heteroatoms. The first-order chi connectivity index (χ1) is 9.92. The highest BCUT2D eigenvalue weighted by atomic mass is 79.9. The molecule has 0 saturated carbocycles. The number of sulfonamides is 1. The van der Waals surface area contributed by atoms with Crippen LogP contribution in [0.15, 0.2) is 39.1 Å². The summed E-state index contributed by atoms with van der Waals surface area (Å²) in [6, 6.07) is 5.30. The fourth-order valence-electron chi connectivity index (χ4n) is 1.91. The van der Waals surface area contributed by atoms with Gasteiger partial charge in [0.25, 0.3) is 0 Å². The van der Waals surface area contributed by atoms with E-state index in [1.165, 1.54) is 0 Å². The van der Waals surface area contributed by atoms with Gasteiger partial charge in [0.2, 0.25) is 10.0 Å². The number of aromatic nitrogens is 1. The second-order valence-electron chi connectivity index (χ2n) is 4.56. The van der Waals surface area contributed by atoms with Crippen molar-refractivity contribution in [3.05, 3.63) is 39.1 Å². The third-order valence-electron chi connectivity index (χ3n) is 2.79. The fourth-order valence-corrected chi connectivity index (χ4v) is 4.66. The number of nitrogens with zero attached hydrogens (tertiary/aromatic N) is 1. The average Bonchev–Trinajstić information content (AvgIpc) is 2.90. The second-order valence-corrected chi connectivity index (χ2v) is 8.19. The highest BCUT2D eigenvalue weighted by Crippen LogP contribution is 2.23. The lowest BCUT2D eigenvalue weighted by molar-refractivity contribution is 0.560. The zero-order valence-corrected chi connectivity index (χ0v) is 14.8. The predicted molar refractivity (Wildman–Crippen MR) is 89.3 cm³/mol. The Bertz CT molecular complexity index is 702. The minimum absolute atomic E-state index is 0.136. The van der Waals surface area contributed by atoms with Crippen LogP contribution in [0, 0.1) is 0 Å². The molecule has 0 aliphatic rings. The summed E-state index contributed by atoms with van der Waals surface area (Å²) in [6.45, 7) is 1.85. The van der Waals surface area contributed by atoms with Crippen LogP contribution < -0.4 is 10.0 Å². The molecule has 5 nitrogen and oxygen atoms in total. The van der Waals surface area contributed by atoms with E-state index in [4.69, 9.17) is 0 Å². The van der Waals surface area contributed by atoms with Crippen molar-refractivity contribution in [2.75, 3.05) is 12.4 Å². The first-order valence-corrected chi connectivity index (χ1v) is 9.46. The summed E-state index contributed by atoms with van der Waals surface area (Å²) < 4.78 is 28.3. The average molecular weight is 390 g/mol. The molecule has 2 N–H and O–H groups in total. The normalized spacial score (nSPS) is 13.1. The molecule has 0 amide bonds. The van der Waals surface area contributed by atoms with E-state index >= 15 is 0 Å². The van der Waals surface area contributed by atoms with Crippen molar-refractivity contribution in [2.24, 2.45) is 0 Å². The van der Waals surface area contributed by atoms with Gasteiger partial charge < -0.3 is 5.32 Å². The van der Waals surface area contributed by atoms with E-state index in [9.17, 15) is 8.42 Å². The van der Waals surface area contributed by atoms with E-state index < -0.39 is 10.0 Å². The Hall–Kier alpha value is -0.960. The van der Waals surface area contributed by atoms with E-state index in [-0.39, 0.29) is 10.9 Å². The minimum Gasteiger partial charge on any atom is -0.372 e. The maximum Gasteiger partial charge on any atom is 0.244 e. The van der Waals surface area contributed by atoms with Crippen LogP contribution in [0.25, 0.3) is 0 Å². The van der Waals surface area contributed by atoms with Crippen LogP contribution in [0.1, 0.15) is 11.8 Å². The lowest BCUT2D eigenvalue weighted by Crippen LogP contribution is -2.34. The predicted octanol–water partition coefficient (Wildman–Crippen LogP) is 2.86. The van der Waals surface area contributed by atoms with Crippen molar-refractivity contribution in [3.63, 3.8) is 0 Å². The molecular formula is C13H16BrN3O2S2. The van der Waals surface area contributed by atoms with Gasteiger partial charge >= 0.3 is 0 Å². The summed E-state index contributed by atoms with van der Waals surface area (Å²) in [6.07, 6.45) is 2.22. The highest BCUT2D eigenvalue weighted by Gasteiger charge is 2.22. The Kier molecular flexibility index (Phi) is 5.37. The molecule has 0 aliphatic heterocycles. The van der Waals surface area contributed by atoms with Crippen LogP contribution in [0.2, 0.25) is 0 Å². The van der Waals surface area contributed by atoms with E-state index in [0.717, 1.165) is 4.88 Å². The summed E-state index contributed by atoms with van der Waals surface area (Å²) in [7, 11) is -1.99. The SMILES string of the molecule is CNc1ncc(Br)cc1S(=O)(=O)NC(C)Cc1cccs1. The number of hydrogen-bond acceptors (Lipinski definition) is 5. The van der Waals surface area contributed by atoms with Crippen LogP contribution in [-0.4, -0.2) is 26.5 Å². The van der Waals surface area contributed by atoms with Gasteiger partial charge in [0, 0.05) is 28.6 Å². The van der Waals surface area contributed by atoms with Gasteiger partial charge in [-0.2, -0.15) is 0 Å². The molecule has 2 aromatic rings. The zero-order valence-electron chi connectivity index (χ0n) is 11.6. The van der Waals surface area contributed by atoms with Crippen LogP contribution in [0.4, 0.5) is 5.82 Å². The number of pyridine rings is 1. The molecule has 0 spiro atoms. The molecule has 0 aliphatic carbocycles. The van der Waals surface area contributed by atoms with Gasteiger partial charge in [-0.3, -0.25) is 0 Å². The Balaban J connectivity index is 2.20. The summed E-state index contributed by atoms with van der Waals surface area (Å²) in [5.74, 6) is 0.328. The van der Waals surface area contributed by atoms with Crippen molar-refractivity contribution in [3.8, 4) is 0 Å². The maximum absolute atomic E-state index is 12.5. The number of rotatable bonds is 6. The summed E-state index contributed by atoms with van der Waals surface area (Å²) in [5, 5.41) is 4.78. The molecule has 2 heterocycles. The maximum atomic E-state index is 12.5. The van der Waals surface area contributed by atoms with Crippen molar-refractivity contribution >= 4 is 43.1 Å². The number of thiophene rings is 1. The standard InChI is InChI=1S/C13H16BrN3O2S2/c1-9(6-11-4-3-5-20-11)17-21(18,19)12-7-10(14)8-16-13(12)15-2/h3-5,7-9,17H,6H2,1-2H3,(H,15,16). The van der Waals surface area contributed by atoms with Crippen LogP contribution in [0.5, 0.6) is 0 Å². The zero-order chi connectivity index (χ0) is 15.5. The molecule has 0 aromatic carbocycles. The van der Waals surface area contributed by atoms with E-state index in [0.29, 0.717) is 16.7 Å². The number of nitrogens with one attached hydrogen (secondary N) is 2. The third kappa shape index (κ3) is 4.26. The topological polar surface area (TPSA) is 71.1 Å². The van der Waals surface area contributed by atoms with E-state index in [1.54, 1.807) is 30.6 Å². The molecule has 0 radical (unpaired) electrons. The largest absolute Gasteiger partial charge is 0.372 e. The smallest absolute Gasteiger partial charge is 0.244 e. The summed E-state index contributed by atoms with van der Waals surface area (Å²) in [4.78, 5) is 5.35. The highest BCUT2D eigenvalue weighted by molar-refractivity contribution is 9.10. The van der Waals surface area contributed by atoms with Crippen LogP contribution in [0.3, 0.4) is 0 Å². The Morgan fingerprint density at radius 3 is 2.86 bits per heavy atom. The molecular weight excluding hydrogens is 374 g/mol. The molecule has 0 saturated heterocycles. The molecule has 2 aromatic heterocycles. The van der Waals surface area contributed by atoms with Crippen molar-refractivity contribution in [1.82, 2.24) is 9.71 Å². The molecule has 1 unspecified atom stereocenters. The molecule has 0 fully saturated rings. The van der Waals surface area contributed by atoms with E-state index in [1.807, 2.05) is 24.4 Å². The summed E-state index contributed by atoms with van der Waals surface area (Å²) in [5.41, 5.74) is 0. The number of hydrogen-bond donors (Lipinski definition) is 2. The van der Waals surface area contributed by atoms with Gasteiger partial charge in [0.15, 0.2) is 0 Å². The first kappa shape index (κ1) is 16.4. The minimum atomic E-state index is -3.63. The van der Waals surface area contributed by atoms with E-state index in [2.05, 4.69) is 31.0 Å². The molecule has 21 heavy (non-hydrogen) atoms. The van der Waals surface area contributed by atoms with Gasteiger partial charge in [0.05, 0.1) is 0 Å². The molecule has 114 valence electrons. The molecule has 2 rings (SSSR count). The number of anilines is 1. The van der Waals surface area contributed by atoms with Crippen molar-refractivity contribution in [1.29, 1.82) is 0 Å². The van der Waals surface area contributed by atoms with Gasteiger partial charge in [0.1, 0.15) is 10.7 Å². The summed E-state index contributed by atoms with van der Waals surface area (Å²) >= 11 is 4.87. The molecule has 1 atom stereocenters. The Labute approximate surface area is 137 Å². The molecule has 0 bridgehead atoms. The van der Waals surface area contributed by atoms with Gasteiger partial charge in [-0.25, -0.2) is 18.1 Å². The van der Waals surface area contributed by atoms with Crippen LogP contribution in [-0.2, 0) is 16.4 Å². The van der Waals surface area contributed by atoms with Gasteiger partial charge in [-0.05, 0) is 46.8 Å².